The monoisotopic (exact) mass is 287 g/mol. The van der Waals surface area contributed by atoms with Gasteiger partial charge in [-0.1, -0.05) is 32.0 Å². The Balaban J connectivity index is 1.89. The second-order valence-corrected chi connectivity index (χ2v) is 5.99. The number of aromatic amines is 1. The Hall–Kier alpha value is -1.81. The highest BCUT2D eigenvalue weighted by atomic mass is 16.1. The molecule has 4 heteroatoms. The van der Waals surface area contributed by atoms with E-state index in [0.717, 1.165) is 18.4 Å². The molecule has 0 radical (unpaired) electrons. The van der Waals surface area contributed by atoms with Crippen molar-refractivity contribution in [3.8, 4) is 0 Å². The lowest BCUT2D eigenvalue weighted by Gasteiger charge is -2.18. The lowest BCUT2D eigenvalue weighted by atomic mass is 10.0. The van der Waals surface area contributed by atoms with Gasteiger partial charge < -0.3 is 16.0 Å². The maximum atomic E-state index is 12.0. The summed E-state index contributed by atoms with van der Waals surface area (Å²) in [6.07, 6.45) is 4.16. The minimum atomic E-state index is 0.0800. The molecule has 0 fully saturated rings. The van der Waals surface area contributed by atoms with E-state index in [1.54, 1.807) is 0 Å². The molecule has 114 valence electrons. The average Bonchev–Trinajstić information content (AvgIpc) is 2.87. The quantitative estimate of drug-likeness (QED) is 0.732. The maximum absolute atomic E-state index is 12.0. The van der Waals surface area contributed by atoms with Gasteiger partial charge in [0, 0.05) is 36.1 Å². The summed E-state index contributed by atoms with van der Waals surface area (Å²) in [6.45, 7) is 4.78. The van der Waals surface area contributed by atoms with Crippen LogP contribution in [-0.2, 0) is 11.2 Å². The van der Waals surface area contributed by atoms with Gasteiger partial charge in [0.2, 0.25) is 5.91 Å². The van der Waals surface area contributed by atoms with Crippen molar-refractivity contribution in [3.05, 3.63) is 36.0 Å². The van der Waals surface area contributed by atoms with Gasteiger partial charge in [0.05, 0.1) is 0 Å². The topological polar surface area (TPSA) is 70.9 Å². The number of para-hydroxylation sites is 1. The minimum Gasteiger partial charge on any atom is -0.361 e. The zero-order valence-corrected chi connectivity index (χ0v) is 12.9. The number of fused-ring (bicyclic) bond motifs is 1. The molecule has 2 rings (SSSR count). The van der Waals surface area contributed by atoms with E-state index >= 15 is 0 Å². The van der Waals surface area contributed by atoms with Gasteiger partial charge in [-0.25, -0.2) is 0 Å². The average molecular weight is 287 g/mol. The fourth-order valence-electron chi connectivity index (χ4n) is 2.67. The number of nitrogens with one attached hydrogen (secondary N) is 2. The Labute approximate surface area is 126 Å². The van der Waals surface area contributed by atoms with Crippen LogP contribution in [0.3, 0.4) is 0 Å². The summed E-state index contributed by atoms with van der Waals surface area (Å²) in [5.41, 5.74) is 8.02. The van der Waals surface area contributed by atoms with Crippen LogP contribution in [0.2, 0.25) is 0 Å². The lowest BCUT2D eigenvalue weighted by Crippen LogP contribution is -2.41. The summed E-state index contributed by atoms with van der Waals surface area (Å²) in [5.74, 6) is 0.615. The number of rotatable bonds is 7. The van der Waals surface area contributed by atoms with Gasteiger partial charge >= 0.3 is 0 Å². The van der Waals surface area contributed by atoms with Crippen LogP contribution in [-0.4, -0.2) is 23.5 Å². The van der Waals surface area contributed by atoms with Crippen molar-refractivity contribution in [2.45, 2.75) is 39.2 Å². The van der Waals surface area contributed by atoms with Crippen molar-refractivity contribution < 1.29 is 4.79 Å². The Morgan fingerprint density at radius 2 is 2.10 bits per heavy atom. The van der Waals surface area contributed by atoms with Gasteiger partial charge in [-0.3, -0.25) is 4.79 Å². The molecule has 1 amide bonds. The summed E-state index contributed by atoms with van der Waals surface area (Å²) >= 11 is 0. The Morgan fingerprint density at radius 1 is 1.33 bits per heavy atom. The summed E-state index contributed by atoms with van der Waals surface area (Å²) in [7, 11) is 0. The van der Waals surface area contributed by atoms with Crippen molar-refractivity contribution in [2.75, 3.05) is 6.54 Å². The molecule has 0 aliphatic carbocycles. The molecule has 0 saturated heterocycles. The Kier molecular flexibility index (Phi) is 5.39. The number of amides is 1. The van der Waals surface area contributed by atoms with Crippen LogP contribution in [0.15, 0.2) is 30.5 Å². The zero-order chi connectivity index (χ0) is 15.2. The first-order valence-corrected chi connectivity index (χ1v) is 7.64. The molecule has 1 heterocycles. The molecular weight excluding hydrogens is 262 g/mol. The largest absolute Gasteiger partial charge is 0.361 e. The number of benzene rings is 1. The first-order chi connectivity index (χ1) is 10.1. The maximum Gasteiger partial charge on any atom is 0.220 e. The van der Waals surface area contributed by atoms with Crippen molar-refractivity contribution in [1.29, 1.82) is 0 Å². The van der Waals surface area contributed by atoms with Gasteiger partial charge in [-0.15, -0.1) is 0 Å². The summed E-state index contributed by atoms with van der Waals surface area (Å²) in [6, 6.07) is 8.24. The highest BCUT2D eigenvalue weighted by Crippen LogP contribution is 2.18. The standard InChI is InChI=1S/C17H25N3O/c1-12(2)9-14(10-18)20-17(21)8-7-13-11-19-16-6-4-3-5-15(13)16/h3-6,11-12,14,19H,7-10,18H2,1-2H3,(H,20,21). The number of hydrogen-bond acceptors (Lipinski definition) is 2. The van der Waals surface area contributed by atoms with Gasteiger partial charge in [0.25, 0.3) is 0 Å². The predicted octanol–water partition coefficient (Wildman–Crippen LogP) is 2.59. The van der Waals surface area contributed by atoms with Crippen LogP contribution in [0.5, 0.6) is 0 Å². The molecule has 4 N–H and O–H groups in total. The third-order valence-electron chi connectivity index (χ3n) is 3.70. The van der Waals surface area contributed by atoms with E-state index in [1.807, 2.05) is 24.4 Å². The highest BCUT2D eigenvalue weighted by Gasteiger charge is 2.13. The molecule has 4 nitrogen and oxygen atoms in total. The molecule has 1 aromatic carbocycles. The third-order valence-corrected chi connectivity index (χ3v) is 3.70. The predicted molar refractivity (Wildman–Crippen MR) is 87.1 cm³/mol. The molecule has 0 aliphatic rings. The fourth-order valence-corrected chi connectivity index (χ4v) is 2.67. The van der Waals surface area contributed by atoms with E-state index in [-0.39, 0.29) is 11.9 Å². The number of H-pyrrole nitrogens is 1. The van der Waals surface area contributed by atoms with Gasteiger partial charge in [0.15, 0.2) is 0 Å². The van der Waals surface area contributed by atoms with Crippen molar-refractivity contribution in [2.24, 2.45) is 11.7 Å². The van der Waals surface area contributed by atoms with Crippen LogP contribution < -0.4 is 11.1 Å². The third kappa shape index (κ3) is 4.33. The summed E-state index contributed by atoms with van der Waals surface area (Å²) in [5, 5.41) is 4.23. The van der Waals surface area contributed by atoms with Crippen molar-refractivity contribution in [3.63, 3.8) is 0 Å². The molecule has 0 aliphatic heterocycles. The van der Waals surface area contributed by atoms with Crippen LogP contribution >= 0.6 is 0 Å². The number of carbonyl (C=O) groups is 1. The van der Waals surface area contributed by atoms with Crippen molar-refractivity contribution in [1.82, 2.24) is 10.3 Å². The van der Waals surface area contributed by atoms with E-state index in [2.05, 4.69) is 30.2 Å². The van der Waals surface area contributed by atoms with E-state index in [1.165, 1.54) is 10.9 Å². The highest BCUT2D eigenvalue weighted by molar-refractivity contribution is 5.84. The van der Waals surface area contributed by atoms with Crippen molar-refractivity contribution >= 4 is 16.8 Å². The first-order valence-electron chi connectivity index (χ1n) is 7.64. The first kappa shape index (κ1) is 15.6. The van der Waals surface area contributed by atoms with E-state index in [4.69, 9.17) is 5.73 Å². The lowest BCUT2D eigenvalue weighted by molar-refractivity contribution is -0.121. The van der Waals surface area contributed by atoms with Crippen LogP contribution in [0.1, 0.15) is 32.3 Å². The van der Waals surface area contributed by atoms with E-state index in [0.29, 0.717) is 18.9 Å². The fraction of sp³-hybridized carbons (Fsp3) is 0.471. The summed E-state index contributed by atoms with van der Waals surface area (Å²) in [4.78, 5) is 15.3. The molecule has 0 spiro atoms. The van der Waals surface area contributed by atoms with E-state index < -0.39 is 0 Å². The molecular formula is C17H25N3O. The molecule has 21 heavy (non-hydrogen) atoms. The second kappa shape index (κ2) is 7.27. The Bertz CT molecular complexity index is 588. The minimum absolute atomic E-state index is 0.0800. The van der Waals surface area contributed by atoms with Crippen LogP contribution in [0.4, 0.5) is 0 Å². The molecule has 0 bridgehead atoms. The smallest absolute Gasteiger partial charge is 0.220 e. The Morgan fingerprint density at radius 3 is 2.81 bits per heavy atom. The SMILES string of the molecule is CC(C)CC(CN)NC(=O)CCc1c[nH]c2ccccc12. The van der Waals surface area contributed by atoms with Crippen LogP contribution in [0.25, 0.3) is 10.9 Å². The molecule has 1 aromatic heterocycles. The second-order valence-electron chi connectivity index (χ2n) is 5.99. The normalized spacial score (nSPS) is 12.8. The summed E-state index contributed by atoms with van der Waals surface area (Å²) < 4.78 is 0. The van der Waals surface area contributed by atoms with E-state index in [9.17, 15) is 4.79 Å². The molecule has 1 unspecified atom stereocenters. The molecule has 0 saturated carbocycles. The molecule has 2 aromatic rings. The zero-order valence-electron chi connectivity index (χ0n) is 12.9. The van der Waals surface area contributed by atoms with Gasteiger partial charge in [-0.2, -0.15) is 0 Å². The number of nitrogens with two attached hydrogens (primary N) is 1. The number of carbonyl (C=O) groups excluding carboxylic acids is 1. The van der Waals surface area contributed by atoms with Gasteiger partial charge in [-0.05, 0) is 30.4 Å². The number of aromatic nitrogens is 1. The van der Waals surface area contributed by atoms with Gasteiger partial charge in [0.1, 0.15) is 0 Å². The number of hydrogen-bond donors (Lipinski definition) is 3. The molecule has 1 atom stereocenters. The number of aryl methyl sites for hydroxylation is 1. The van der Waals surface area contributed by atoms with Crippen LogP contribution in [0, 0.1) is 5.92 Å².